The van der Waals surface area contributed by atoms with Crippen LogP contribution in [0.2, 0.25) is 5.02 Å². The van der Waals surface area contributed by atoms with Crippen molar-refractivity contribution in [1.29, 1.82) is 0 Å². The number of carbonyl (C=O) groups is 1. The van der Waals surface area contributed by atoms with Crippen molar-refractivity contribution in [1.82, 2.24) is 39.7 Å². The Labute approximate surface area is 205 Å². The molecule has 0 aliphatic carbocycles. The number of carboxylic acid groups (broad SMARTS) is 1. The fourth-order valence-electron chi connectivity index (χ4n) is 4.35. The van der Waals surface area contributed by atoms with Gasteiger partial charge in [-0.1, -0.05) is 11.6 Å². The minimum absolute atomic E-state index is 0.00756. The van der Waals surface area contributed by atoms with E-state index in [9.17, 15) is 9.59 Å². The number of hydrogen-bond acceptors (Lipinski definition) is 8. The van der Waals surface area contributed by atoms with Crippen LogP contribution in [0.25, 0.3) is 28.2 Å². The molecule has 5 aromatic rings. The van der Waals surface area contributed by atoms with E-state index in [-0.39, 0.29) is 16.6 Å². The molecule has 1 aliphatic rings. The summed E-state index contributed by atoms with van der Waals surface area (Å²) < 4.78 is 3.26. The first-order chi connectivity index (χ1) is 17.0. The highest BCUT2D eigenvalue weighted by Crippen LogP contribution is 2.34. The molecule has 0 saturated carbocycles. The molecule has 1 atom stereocenters. The van der Waals surface area contributed by atoms with E-state index in [1.165, 1.54) is 11.0 Å². The number of nitrogens with one attached hydrogen (secondary N) is 1. The largest absolute Gasteiger partial charge is 0.476 e. The summed E-state index contributed by atoms with van der Waals surface area (Å²) in [6, 6.07) is 8.62. The SMILES string of the molecule is O=C(O)c1nc(-c2cnc([C@@H]3CCc4cc(-c5cc(Cl)ccc5-n5cnnn5)cc(=O)n43)[nH]2)cs1. The Morgan fingerprint density at radius 1 is 1.26 bits per heavy atom. The predicted molar refractivity (Wildman–Crippen MR) is 127 cm³/mol. The van der Waals surface area contributed by atoms with Gasteiger partial charge >= 0.3 is 5.97 Å². The average molecular weight is 507 g/mol. The third kappa shape index (κ3) is 3.72. The Balaban J connectivity index is 1.37. The molecular formula is C22H15ClN8O3S. The molecule has 35 heavy (non-hydrogen) atoms. The van der Waals surface area contributed by atoms with Gasteiger partial charge in [0.25, 0.3) is 5.56 Å². The number of aromatic amines is 1. The Bertz CT molecular complexity index is 1640. The van der Waals surface area contributed by atoms with Gasteiger partial charge in [-0.15, -0.1) is 16.4 Å². The van der Waals surface area contributed by atoms with Crippen LogP contribution in [0, 0.1) is 0 Å². The number of nitrogens with zero attached hydrogens (tertiary/aromatic N) is 7. The van der Waals surface area contributed by atoms with Crippen LogP contribution in [0.4, 0.5) is 0 Å². The van der Waals surface area contributed by atoms with Gasteiger partial charge in [0.1, 0.15) is 17.8 Å². The molecule has 174 valence electrons. The number of halogens is 1. The summed E-state index contributed by atoms with van der Waals surface area (Å²) >= 11 is 7.32. The van der Waals surface area contributed by atoms with Gasteiger partial charge in [-0.2, -0.15) is 4.68 Å². The first-order valence-electron chi connectivity index (χ1n) is 10.5. The van der Waals surface area contributed by atoms with Gasteiger partial charge in [0.15, 0.2) is 0 Å². The topological polar surface area (TPSA) is 144 Å². The molecule has 0 radical (unpaired) electrons. The van der Waals surface area contributed by atoms with E-state index < -0.39 is 5.97 Å². The van der Waals surface area contributed by atoms with Gasteiger partial charge in [0.2, 0.25) is 5.01 Å². The molecule has 11 nitrogen and oxygen atoms in total. The first-order valence-corrected chi connectivity index (χ1v) is 11.8. The Morgan fingerprint density at radius 2 is 2.14 bits per heavy atom. The maximum absolute atomic E-state index is 13.3. The Kier molecular flexibility index (Phi) is 5.04. The first kappa shape index (κ1) is 21.4. The van der Waals surface area contributed by atoms with E-state index >= 15 is 0 Å². The fourth-order valence-corrected chi connectivity index (χ4v) is 5.18. The van der Waals surface area contributed by atoms with E-state index in [2.05, 4.69) is 30.5 Å². The monoisotopic (exact) mass is 506 g/mol. The fraction of sp³-hybridized carbons (Fsp3) is 0.136. The number of aromatic carboxylic acids is 1. The summed E-state index contributed by atoms with van der Waals surface area (Å²) in [6.07, 6.45) is 4.47. The summed E-state index contributed by atoms with van der Waals surface area (Å²) in [5.41, 5.74) is 3.99. The minimum Gasteiger partial charge on any atom is -0.476 e. The van der Waals surface area contributed by atoms with E-state index in [1.807, 2.05) is 6.07 Å². The number of aryl methyl sites for hydroxylation is 1. The van der Waals surface area contributed by atoms with Crippen molar-refractivity contribution in [2.75, 3.05) is 0 Å². The lowest BCUT2D eigenvalue weighted by atomic mass is 10.0. The number of carboxylic acids is 1. The second kappa shape index (κ2) is 8.25. The number of fused-ring (bicyclic) bond motifs is 1. The zero-order valence-electron chi connectivity index (χ0n) is 17.8. The highest BCUT2D eigenvalue weighted by atomic mass is 35.5. The quantitative estimate of drug-likeness (QED) is 0.369. The molecule has 1 aromatic carbocycles. The molecule has 0 spiro atoms. The normalized spacial score (nSPS) is 14.8. The van der Waals surface area contributed by atoms with Gasteiger partial charge in [-0.25, -0.2) is 14.8 Å². The molecule has 0 unspecified atom stereocenters. The van der Waals surface area contributed by atoms with Gasteiger partial charge in [0, 0.05) is 27.7 Å². The number of aromatic nitrogens is 8. The van der Waals surface area contributed by atoms with Gasteiger partial charge in [-0.05, 0) is 53.1 Å². The summed E-state index contributed by atoms with van der Waals surface area (Å²) in [5.74, 6) is -0.452. The summed E-state index contributed by atoms with van der Waals surface area (Å²) in [5, 5.41) is 22.7. The minimum atomic E-state index is -1.07. The summed E-state index contributed by atoms with van der Waals surface area (Å²) in [7, 11) is 0. The van der Waals surface area contributed by atoms with Gasteiger partial charge in [-0.3, -0.25) is 4.79 Å². The lowest BCUT2D eigenvalue weighted by molar-refractivity contribution is 0.0696. The molecule has 13 heteroatoms. The summed E-state index contributed by atoms with van der Waals surface area (Å²) in [6.45, 7) is 0. The molecule has 0 bridgehead atoms. The molecule has 5 heterocycles. The third-order valence-corrected chi connectivity index (χ3v) is 6.94. The van der Waals surface area contributed by atoms with Crippen molar-refractivity contribution in [3.05, 3.63) is 80.1 Å². The van der Waals surface area contributed by atoms with Crippen molar-refractivity contribution in [2.45, 2.75) is 18.9 Å². The molecule has 0 amide bonds. The van der Waals surface area contributed by atoms with Crippen LogP contribution in [-0.4, -0.2) is 50.8 Å². The number of hydrogen-bond donors (Lipinski definition) is 2. The number of rotatable bonds is 5. The van der Waals surface area contributed by atoms with Crippen LogP contribution in [0.1, 0.15) is 33.8 Å². The Morgan fingerprint density at radius 3 is 2.91 bits per heavy atom. The van der Waals surface area contributed by atoms with E-state index in [0.29, 0.717) is 40.8 Å². The van der Waals surface area contributed by atoms with Crippen LogP contribution in [0.15, 0.2) is 53.0 Å². The summed E-state index contributed by atoms with van der Waals surface area (Å²) in [4.78, 5) is 36.2. The van der Waals surface area contributed by atoms with Crippen LogP contribution in [0.3, 0.4) is 0 Å². The van der Waals surface area contributed by atoms with Crippen molar-refractivity contribution < 1.29 is 9.90 Å². The third-order valence-electron chi connectivity index (χ3n) is 5.87. The van der Waals surface area contributed by atoms with Gasteiger partial charge in [0.05, 0.1) is 23.6 Å². The Hall–Kier alpha value is -4.16. The van der Waals surface area contributed by atoms with Crippen LogP contribution in [-0.2, 0) is 6.42 Å². The van der Waals surface area contributed by atoms with Crippen LogP contribution < -0.4 is 5.56 Å². The standard InChI is InChI=1S/C22H15ClN8O3S/c23-12-1-3-17(30-10-25-28-29-30)14(7-12)11-5-13-2-4-18(31(13)19(32)6-11)20-24-8-15(26-20)16-9-35-21(27-16)22(33)34/h1,3,5-10,18H,2,4H2,(H,24,26)(H,33,34)/t18-/m0/s1. The molecule has 4 aromatic heterocycles. The second-order valence-corrected chi connectivity index (χ2v) is 9.23. The van der Waals surface area contributed by atoms with Crippen molar-refractivity contribution in [3.63, 3.8) is 0 Å². The second-order valence-electron chi connectivity index (χ2n) is 7.94. The maximum atomic E-state index is 13.3. The van der Waals surface area contributed by atoms with Crippen molar-refractivity contribution >= 4 is 28.9 Å². The highest BCUT2D eigenvalue weighted by molar-refractivity contribution is 7.11. The van der Waals surface area contributed by atoms with Crippen LogP contribution in [0.5, 0.6) is 0 Å². The number of H-pyrrole nitrogens is 1. The molecule has 0 fully saturated rings. The zero-order chi connectivity index (χ0) is 24.1. The number of tetrazole rings is 1. The van der Waals surface area contributed by atoms with Gasteiger partial charge < -0.3 is 14.7 Å². The van der Waals surface area contributed by atoms with Crippen molar-refractivity contribution in [2.24, 2.45) is 0 Å². The lowest BCUT2D eigenvalue weighted by Gasteiger charge is -2.15. The smallest absolute Gasteiger partial charge is 0.365 e. The highest BCUT2D eigenvalue weighted by Gasteiger charge is 2.28. The lowest BCUT2D eigenvalue weighted by Crippen LogP contribution is -2.23. The molecule has 1 aliphatic heterocycles. The number of pyridine rings is 1. The number of thiazole rings is 1. The molecule has 0 saturated heterocycles. The average Bonchev–Trinajstić information content (AvgIpc) is 3.64. The van der Waals surface area contributed by atoms with Crippen molar-refractivity contribution in [3.8, 4) is 28.2 Å². The predicted octanol–water partition coefficient (Wildman–Crippen LogP) is 3.22. The zero-order valence-corrected chi connectivity index (χ0v) is 19.4. The van der Waals surface area contributed by atoms with E-state index in [1.54, 1.807) is 40.4 Å². The van der Waals surface area contributed by atoms with E-state index in [0.717, 1.165) is 28.2 Å². The number of imidazole rings is 1. The maximum Gasteiger partial charge on any atom is 0.365 e. The molecule has 2 N–H and O–H groups in total. The molecule has 6 rings (SSSR count). The number of benzene rings is 1. The molecular weight excluding hydrogens is 492 g/mol. The van der Waals surface area contributed by atoms with Crippen LogP contribution >= 0.6 is 22.9 Å². The van der Waals surface area contributed by atoms with E-state index in [4.69, 9.17) is 16.7 Å².